The lowest BCUT2D eigenvalue weighted by Crippen LogP contribution is -2.16. The molecule has 0 fully saturated rings. The predicted octanol–water partition coefficient (Wildman–Crippen LogP) is -0.153. The van der Waals surface area contributed by atoms with Crippen LogP contribution in [0.3, 0.4) is 0 Å². The number of hydrogen-bond donors (Lipinski definition) is 1. The van der Waals surface area contributed by atoms with E-state index in [1.165, 1.54) is 0 Å². The fraction of sp³-hybridized carbons (Fsp3) is 0.500. The smallest absolute Gasteiger partial charge is 0.390 e. The van der Waals surface area contributed by atoms with Crippen LogP contribution in [0.15, 0.2) is 6.07 Å². The first-order chi connectivity index (χ1) is 7.58. The predicted molar refractivity (Wildman–Crippen MR) is 51.4 cm³/mol. The van der Waals surface area contributed by atoms with Gasteiger partial charge in [-0.1, -0.05) is 0 Å². The van der Waals surface area contributed by atoms with E-state index in [1.807, 2.05) is 0 Å². The number of nitro groups is 1. The largest absolute Gasteiger partial charge is 0.465 e. The third kappa shape index (κ3) is 2.76. The van der Waals surface area contributed by atoms with E-state index in [9.17, 15) is 14.9 Å². The molecule has 0 aromatic carbocycles. The zero-order valence-corrected chi connectivity index (χ0v) is 8.62. The average Bonchev–Trinajstić information content (AvgIpc) is 2.61. The summed E-state index contributed by atoms with van der Waals surface area (Å²) < 4.78 is 5.72. The highest BCUT2D eigenvalue weighted by atomic mass is 16.6. The third-order valence-electron chi connectivity index (χ3n) is 1.78. The molecule has 8 heteroatoms. The standard InChI is InChI=1S/C8H11N3O5/c1-2-16-8(13)4-10-6(5-12)3-7(9-10)11(14)15/h3,12H,2,4-5H2,1H3. The summed E-state index contributed by atoms with van der Waals surface area (Å²) in [5, 5.41) is 22.9. The van der Waals surface area contributed by atoms with Crippen molar-refractivity contribution in [2.45, 2.75) is 20.1 Å². The molecule has 0 saturated carbocycles. The number of ether oxygens (including phenoxy) is 1. The van der Waals surface area contributed by atoms with Gasteiger partial charge in [-0.05, 0) is 11.8 Å². The van der Waals surface area contributed by atoms with Crippen LogP contribution in [0.4, 0.5) is 5.82 Å². The molecule has 0 amide bonds. The molecule has 0 aliphatic carbocycles. The lowest BCUT2D eigenvalue weighted by atomic mass is 10.4. The number of hydrogen-bond acceptors (Lipinski definition) is 6. The van der Waals surface area contributed by atoms with E-state index in [2.05, 4.69) is 9.84 Å². The minimum absolute atomic E-state index is 0.194. The Morgan fingerprint density at radius 3 is 2.94 bits per heavy atom. The summed E-state index contributed by atoms with van der Waals surface area (Å²) >= 11 is 0. The van der Waals surface area contributed by atoms with Gasteiger partial charge in [-0.2, -0.15) is 4.68 Å². The fourth-order valence-corrected chi connectivity index (χ4v) is 1.12. The molecule has 0 unspecified atom stereocenters. The van der Waals surface area contributed by atoms with Crippen molar-refractivity contribution in [2.75, 3.05) is 6.61 Å². The molecule has 0 bridgehead atoms. The molecule has 0 spiro atoms. The molecular weight excluding hydrogens is 218 g/mol. The van der Waals surface area contributed by atoms with Gasteiger partial charge in [0.1, 0.15) is 0 Å². The van der Waals surface area contributed by atoms with E-state index in [-0.39, 0.29) is 18.8 Å². The van der Waals surface area contributed by atoms with Crippen LogP contribution in [0.5, 0.6) is 0 Å². The summed E-state index contributed by atoms with van der Waals surface area (Å²) in [5.41, 5.74) is 0.194. The summed E-state index contributed by atoms with van der Waals surface area (Å²) in [5.74, 6) is -0.969. The molecule has 0 saturated heterocycles. The number of rotatable bonds is 5. The number of aliphatic hydroxyl groups excluding tert-OH is 1. The van der Waals surface area contributed by atoms with Gasteiger partial charge in [-0.15, -0.1) is 0 Å². The van der Waals surface area contributed by atoms with Gasteiger partial charge in [-0.25, -0.2) is 4.79 Å². The maximum absolute atomic E-state index is 11.1. The van der Waals surface area contributed by atoms with Crippen molar-refractivity contribution < 1.29 is 19.6 Å². The van der Waals surface area contributed by atoms with Gasteiger partial charge in [0.15, 0.2) is 6.54 Å². The van der Waals surface area contributed by atoms with Gasteiger partial charge in [0.25, 0.3) is 0 Å². The van der Waals surface area contributed by atoms with Crippen LogP contribution < -0.4 is 0 Å². The van der Waals surface area contributed by atoms with Crippen LogP contribution >= 0.6 is 0 Å². The molecule has 8 nitrogen and oxygen atoms in total. The van der Waals surface area contributed by atoms with E-state index in [4.69, 9.17) is 5.11 Å². The van der Waals surface area contributed by atoms with E-state index >= 15 is 0 Å². The van der Waals surface area contributed by atoms with Crippen LogP contribution in [0.2, 0.25) is 0 Å². The van der Waals surface area contributed by atoms with Crippen LogP contribution in [-0.4, -0.2) is 32.4 Å². The molecule has 16 heavy (non-hydrogen) atoms. The van der Waals surface area contributed by atoms with Crippen LogP contribution in [0, 0.1) is 10.1 Å². The second kappa shape index (κ2) is 5.21. The molecule has 1 rings (SSSR count). The van der Waals surface area contributed by atoms with Crippen molar-refractivity contribution in [3.05, 3.63) is 21.9 Å². The zero-order valence-electron chi connectivity index (χ0n) is 8.62. The summed E-state index contributed by atoms with van der Waals surface area (Å²) in [6.07, 6.45) is 0. The van der Waals surface area contributed by atoms with Gasteiger partial charge in [0.2, 0.25) is 0 Å². The molecular formula is C8H11N3O5. The normalized spacial score (nSPS) is 10.1. The Morgan fingerprint density at radius 1 is 1.75 bits per heavy atom. The van der Waals surface area contributed by atoms with Crippen LogP contribution in [-0.2, 0) is 22.7 Å². The van der Waals surface area contributed by atoms with Crippen molar-refractivity contribution in [3.63, 3.8) is 0 Å². The molecule has 1 aromatic heterocycles. The first-order valence-electron chi connectivity index (χ1n) is 4.56. The summed E-state index contributed by atoms with van der Waals surface area (Å²) in [6.45, 7) is 1.19. The van der Waals surface area contributed by atoms with E-state index < -0.39 is 23.3 Å². The highest BCUT2D eigenvalue weighted by Gasteiger charge is 2.19. The van der Waals surface area contributed by atoms with Gasteiger partial charge in [0.05, 0.1) is 30.1 Å². The van der Waals surface area contributed by atoms with Crippen molar-refractivity contribution >= 4 is 11.8 Å². The minimum atomic E-state index is -0.694. The zero-order chi connectivity index (χ0) is 12.1. The van der Waals surface area contributed by atoms with Gasteiger partial charge in [-0.3, -0.25) is 0 Å². The number of esters is 1. The Balaban J connectivity index is 2.85. The Labute approximate surface area is 90.6 Å². The molecule has 1 aromatic rings. The van der Waals surface area contributed by atoms with Gasteiger partial charge in [0, 0.05) is 0 Å². The van der Waals surface area contributed by atoms with Crippen molar-refractivity contribution in [1.29, 1.82) is 0 Å². The highest BCUT2D eigenvalue weighted by molar-refractivity contribution is 5.69. The summed E-state index contributed by atoms with van der Waals surface area (Å²) in [6, 6.07) is 1.11. The molecule has 1 N–H and O–H groups in total. The maximum Gasteiger partial charge on any atom is 0.390 e. The first kappa shape index (κ1) is 12.1. The van der Waals surface area contributed by atoms with Crippen molar-refractivity contribution in [1.82, 2.24) is 9.78 Å². The lowest BCUT2D eigenvalue weighted by Gasteiger charge is -2.00. The molecule has 88 valence electrons. The van der Waals surface area contributed by atoms with Crippen LogP contribution in [0.25, 0.3) is 0 Å². The first-order valence-corrected chi connectivity index (χ1v) is 4.56. The Kier molecular flexibility index (Phi) is 3.95. The molecule has 0 atom stereocenters. The number of carbonyl (C=O) groups excluding carboxylic acids is 1. The Morgan fingerprint density at radius 2 is 2.44 bits per heavy atom. The maximum atomic E-state index is 11.1. The molecule has 0 radical (unpaired) electrons. The lowest BCUT2D eigenvalue weighted by molar-refractivity contribution is -0.389. The van der Waals surface area contributed by atoms with Crippen LogP contribution in [0.1, 0.15) is 12.6 Å². The number of aromatic nitrogens is 2. The Hall–Kier alpha value is -1.96. The summed E-state index contributed by atoms with van der Waals surface area (Å²) in [7, 11) is 0. The minimum Gasteiger partial charge on any atom is -0.465 e. The Bertz CT molecular complexity index is 400. The van der Waals surface area contributed by atoms with E-state index in [1.54, 1.807) is 6.92 Å². The van der Waals surface area contributed by atoms with Gasteiger partial charge >= 0.3 is 11.8 Å². The average molecular weight is 229 g/mol. The van der Waals surface area contributed by atoms with Gasteiger partial charge < -0.3 is 20.0 Å². The van der Waals surface area contributed by atoms with Crippen molar-refractivity contribution in [2.24, 2.45) is 0 Å². The second-order valence-electron chi connectivity index (χ2n) is 2.87. The quantitative estimate of drug-likeness (QED) is 0.427. The monoisotopic (exact) mass is 229 g/mol. The number of aliphatic hydroxyl groups is 1. The highest BCUT2D eigenvalue weighted by Crippen LogP contribution is 2.11. The summed E-state index contributed by atoms with van der Waals surface area (Å²) in [4.78, 5) is 20.9. The van der Waals surface area contributed by atoms with E-state index in [0.717, 1.165) is 10.7 Å². The SMILES string of the molecule is CCOC(=O)Cn1nc([N+](=O)[O-])cc1CO. The fourth-order valence-electron chi connectivity index (χ4n) is 1.12. The van der Waals surface area contributed by atoms with Crippen molar-refractivity contribution in [3.8, 4) is 0 Å². The number of carbonyl (C=O) groups is 1. The van der Waals surface area contributed by atoms with E-state index in [0.29, 0.717) is 0 Å². The molecule has 0 aliphatic rings. The number of nitrogens with zero attached hydrogens (tertiary/aromatic N) is 3. The third-order valence-corrected chi connectivity index (χ3v) is 1.78. The topological polar surface area (TPSA) is 107 Å². The molecule has 0 aliphatic heterocycles. The second-order valence-corrected chi connectivity index (χ2v) is 2.87. The molecule has 1 heterocycles.